The van der Waals surface area contributed by atoms with Crippen molar-refractivity contribution in [3.63, 3.8) is 0 Å². The van der Waals surface area contributed by atoms with E-state index in [9.17, 15) is 0 Å². The lowest BCUT2D eigenvalue weighted by Crippen LogP contribution is -2.28. The van der Waals surface area contributed by atoms with Crippen molar-refractivity contribution in [3.8, 4) is 0 Å². The van der Waals surface area contributed by atoms with Crippen LogP contribution in [0.4, 0.5) is 0 Å². The fourth-order valence-corrected chi connectivity index (χ4v) is 2.02. The molecule has 2 N–H and O–H groups in total. The van der Waals surface area contributed by atoms with Gasteiger partial charge in [-0.2, -0.15) is 5.10 Å². The van der Waals surface area contributed by atoms with E-state index < -0.39 is 0 Å². The largest absolute Gasteiger partial charge is 0.380 e. The molecule has 5 heteroatoms. The van der Waals surface area contributed by atoms with Crippen molar-refractivity contribution in [1.82, 2.24) is 9.78 Å². The zero-order chi connectivity index (χ0) is 11.4. The third-order valence-electron chi connectivity index (χ3n) is 2.46. The molecular formula is C10H18BrN3O. The molecule has 0 saturated heterocycles. The van der Waals surface area contributed by atoms with E-state index >= 15 is 0 Å². The van der Waals surface area contributed by atoms with Crippen molar-refractivity contribution < 1.29 is 4.74 Å². The minimum atomic E-state index is -0.154. The Labute approximate surface area is 98.9 Å². The number of nitrogens with zero attached hydrogens (tertiary/aromatic N) is 2. The van der Waals surface area contributed by atoms with E-state index in [-0.39, 0.29) is 12.1 Å². The van der Waals surface area contributed by atoms with E-state index in [0.717, 1.165) is 23.1 Å². The van der Waals surface area contributed by atoms with Crippen LogP contribution in [-0.2, 0) is 11.3 Å². The summed E-state index contributed by atoms with van der Waals surface area (Å²) in [5.74, 6) is 0. The maximum atomic E-state index is 6.11. The first-order chi connectivity index (χ1) is 7.11. The molecule has 2 atom stereocenters. The van der Waals surface area contributed by atoms with Crippen LogP contribution in [0.5, 0.6) is 0 Å². The summed E-state index contributed by atoms with van der Waals surface area (Å²) in [4.78, 5) is 0. The first-order valence-electron chi connectivity index (χ1n) is 5.11. The maximum absolute atomic E-state index is 6.11. The molecule has 0 saturated carbocycles. The van der Waals surface area contributed by atoms with Crippen LogP contribution in [0.2, 0.25) is 0 Å². The number of rotatable bonds is 5. The van der Waals surface area contributed by atoms with Gasteiger partial charge >= 0.3 is 0 Å². The van der Waals surface area contributed by atoms with Crippen LogP contribution < -0.4 is 5.73 Å². The second-order valence-corrected chi connectivity index (χ2v) is 4.42. The molecule has 0 radical (unpaired) electrons. The van der Waals surface area contributed by atoms with Gasteiger partial charge in [-0.05, 0) is 29.3 Å². The topological polar surface area (TPSA) is 53.1 Å². The Kier molecular flexibility index (Phi) is 4.76. The Balaban J connectivity index is 2.94. The number of ether oxygens (including phenoxy) is 1. The van der Waals surface area contributed by atoms with Gasteiger partial charge in [-0.25, -0.2) is 0 Å². The van der Waals surface area contributed by atoms with Gasteiger partial charge in [0, 0.05) is 13.7 Å². The number of hydrogen-bond acceptors (Lipinski definition) is 3. The molecule has 1 aromatic rings. The van der Waals surface area contributed by atoms with Gasteiger partial charge < -0.3 is 10.5 Å². The van der Waals surface area contributed by atoms with Gasteiger partial charge in [-0.3, -0.25) is 4.68 Å². The standard InChI is InChI=1S/C10H18BrN3O/c1-4-5-14-10(8(11)6-13-14)9(12)7(2)15-3/h6-7,9H,4-5,12H2,1-3H3. The summed E-state index contributed by atoms with van der Waals surface area (Å²) in [5.41, 5.74) is 7.12. The second kappa shape index (κ2) is 5.63. The van der Waals surface area contributed by atoms with Crippen molar-refractivity contribution in [1.29, 1.82) is 0 Å². The Morgan fingerprint density at radius 1 is 1.67 bits per heavy atom. The Hall–Kier alpha value is -0.390. The third kappa shape index (κ3) is 2.80. The predicted molar refractivity (Wildman–Crippen MR) is 63.6 cm³/mol. The first kappa shape index (κ1) is 12.7. The lowest BCUT2D eigenvalue weighted by molar-refractivity contribution is 0.0927. The normalized spacial score (nSPS) is 15.3. The van der Waals surface area contributed by atoms with Gasteiger partial charge in [0.15, 0.2) is 0 Å². The van der Waals surface area contributed by atoms with Crippen LogP contribution in [0.3, 0.4) is 0 Å². The zero-order valence-electron chi connectivity index (χ0n) is 9.40. The zero-order valence-corrected chi connectivity index (χ0v) is 11.0. The van der Waals surface area contributed by atoms with Crippen LogP contribution in [0, 0.1) is 0 Å². The summed E-state index contributed by atoms with van der Waals surface area (Å²) in [6.45, 7) is 4.95. The van der Waals surface area contributed by atoms with E-state index in [1.807, 2.05) is 11.6 Å². The first-order valence-corrected chi connectivity index (χ1v) is 5.90. The van der Waals surface area contributed by atoms with Crippen molar-refractivity contribution in [2.75, 3.05) is 7.11 Å². The van der Waals surface area contributed by atoms with E-state index in [1.165, 1.54) is 0 Å². The number of methoxy groups -OCH3 is 1. The third-order valence-corrected chi connectivity index (χ3v) is 3.07. The molecule has 2 unspecified atom stereocenters. The summed E-state index contributed by atoms with van der Waals surface area (Å²) in [6, 6.07) is -0.154. The smallest absolute Gasteiger partial charge is 0.0751 e. The molecule has 86 valence electrons. The number of nitrogens with two attached hydrogens (primary N) is 1. The molecule has 1 aromatic heterocycles. The maximum Gasteiger partial charge on any atom is 0.0751 e. The van der Waals surface area contributed by atoms with Crippen molar-refractivity contribution in [2.24, 2.45) is 5.73 Å². The van der Waals surface area contributed by atoms with Crippen molar-refractivity contribution in [3.05, 3.63) is 16.4 Å². The number of hydrogen-bond donors (Lipinski definition) is 1. The Morgan fingerprint density at radius 2 is 2.33 bits per heavy atom. The van der Waals surface area contributed by atoms with E-state index in [0.29, 0.717) is 0 Å². The lowest BCUT2D eigenvalue weighted by Gasteiger charge is -2.20. The predicted octanol–water partition coefficient (Wildman–Crippen LogP) is 2.09. The highest BCUT2D eigenvalue weighted by molar-refractivity contribution is 9.10. The number of aryl methyl sites for hydroxylation is 1. The Morgan fingerprint density at radius 3 is 2.87 bits per heavy atom. The number of halogens is 1. The molecule has 0 amide bonds. The summed E-state index contributed by atoms with van der Waals surface area (Å²) >= 11 is 3.47. The molecule has 1 rings (SSSR count). The average Bonchev–Trinajstić information content (AvgIpc) is 2.58. The van der Waals surface area contributed by atoms with Gasteiger partial charge in [0.1, 0.15) is 0 Å². The lowest BCUT2D eigenvalue weighted by atomic mass is 10.1. The number of aromatic nitrogens is 2. The molecule has 0 aliphatic rings. The molecule has 0 aromatic carbocycles. The fraction of sp³-hybridized carbons (Fsp3) is 0.700. The SMILES string of the molecule is CCCn1ncc(Br)c1C(N)C(C)OC. The van der Waals surface area contributed by atoms with Crippen molar-refractivity contribution in [2.45, 2.75) is 39.0 Å². The summed E-state index contributed by atoms with van der Waals surface area (Å²) in [7, 11) is 1.67. The van der Waals surface area contributed by atoms with E-state index in [2.05, 4.69) is 28.0 Å². The van der Waals surface area contributed by atoms with Gasteiger partial charge in [0.05, 0.1) is 28.5 Å². The summed E-state index contributed by atoms with van der Waals surface area (Å²) in [6.07, 6.45) is 2.80. The molecule has 0 bridgehead atoms. The Bertz CT molecular complexity index is 314. The highest BCUT2D eigenvalue weighted by Gasteiger charge is 2.21. The van der Waals surface area contributed by atoms with Crippen LogP contribution in [0.1, 0.15) is 32.0 Å². The van der Waals surface area contributed by atoms with Crippen LogP contribution in [0.15, 0.2) is 10.7 Å². The van der Waals surface area contributed by atoms with E-state index in [1.54, 1.807) is 13.3 Å². The van der Waals surface area contributed by atoms with Gasteiger partial charge in [0.25, 0.3) is 0 Å². The minimum Gasteiger partial charge on any atom is -0.380 e. The molecule has 0 aliphatic carbocycles. The molecule has 4 nitrogen and oxygen atoms in total. The summed E-state index contributed by atoms with van der Waals surface area (Å²) < 4.78 is 8.12. The fourth-order valence-electron chi connectivity index (χ4n) is 1.46. The monoisotopic (exact) mass is 275 g/mol. The van der Waals surface area contributed by atoms with Crippen molar-refractivity contribution >= 4 is 15.9 Å². The quantitative estimate of drug-likeness (QED) is 0.896. The van der Waals surface area contributed by atoms with Gasteiger partial charge in [-0.1, -0.05) is 6.92 Å². The molecule has 0 fully saturated rings. The molecule has 0 spiro atoms. The molecule has 1 heterocycles. The van der Waals surface area contributed by atoms with Gasteiger partial charge in [-0.15, -0.1) is 0 Å². The second-order valence-electron chi connectivity index (χ2n) is 3.57. The van der Waals surface area contributed by atoms with Gasteiger partial charge in [0.2, 0.25) is 0 Å². The van der Waals surface area contributed by atoms with Crippen LogP contribution >= 0.6 is 15.9 Å². The highest BCUT2D eigenvalue weighted by atomic mass is 79.9. The minimum absolute atomic E-state index is 0.0198. The molecule has 15 heavy (non-hydrogen) atoms. The van der Waals surface area contributed by atoms with Crippen LogP contribution in [0.25, 0.3) is 0 Å². The molecule has 0 aliphatic heterocycles. The molecular weight excluding hydrogens is 258 g/mol. The van der Waals surface area contributed by atoms with E-state index in [4.69, 9.17) is 10.5 Å². The van der Waals surface area contributed by atoms with Crippen LogP contribution in [-0.4, -0.2) is 23.0 Å². The highest BCUT2D eigenvalue weighted by Crippen LogP contribution is 2.25. The summed E-state index contributed by atoms with van der Waals surface area (Å²) in [5, 5.41) is 4.28. The average molecular weight is 276 g/mol.